The smallest absolute Gasteiger partial charge is 0.358 e. The maximum atomic E-state index is 12.7. The van der Waals surface area contributed by atoms with Gasteiger partial charge in [-0.05, 0) is 49.8 Å². The first-order valence-electron chi connectivity index (χ1n) is 9.18. The number of carbonyl (C=O) groups excluding carboxylic acids is 2. The molecule has 2 rings (SSSR count). The third-order valence-corrected chi connectivity index (χ3v) is 4.77. The SMILES string of the molecule is CCOC(=O)c1c(NC(=O)c2ccc(OC)cc2)nc(SC)n1CCC(C)C. The number of nitrogens with zero attached hydrogens (tertiary/aromatic N) is 2. The van der Waals surface area contributed by atoms with Crippen molar-refractivity contribution in [2.75, 3.05) is 25.3 Å². The van der Waals surface area contributed by atoms with E-state index in [0.717, 1.165) is 6.42 Å². The van der Waals surface area contributed by atoms with Crippen LogP contribution in [0.25, 0.3) is 0 Å². The topological polar surface area (TPSA) is 82.4 Å². The Morgan fingerprint density at radius 1 is 1.25 bits per heavy atom. The minimum absolute atomic E-state index is 0.215. The Morgan fingerprint density at radius 3 is 2.46 bits per heavy atom. The van der Waals surface area contributed by atoms with Gasteiger partial charge in [0.05, 0.1) is 13.7 Å². The zero-order chi connectivity index (χ0) is 20.7. The molecule has 0 bridgehead atoms. The fourth-order valence-corrected chi connectivity index (χ4v) is 3.18. The third-order valence-electron chi connectivity index (χ3n) is 4.10. The van der Waals surface area contributed by atoms with E-state index >= 15 is 0 Å². The van der Waals surface area contributed by atoms with Gasteiger partial charge in [0.2, 0.25) is 0 Å². The fourth-order valence-electron chi connectivity index (χ4n) is 2.60. The molecule has 0 saturated carbocycles. The number of ether oxygens (including phenoxy) is 2. The van der Waals surface area contributed by atoms with Crippen molar-refractivity contribution in [2.45, 2.75) is 38.9 Å². The highest BCUT2D eigenvalue weighted by atomic mass is 32.2. The number of hydrogen-bond donors (Lipinski definition) is 1. The molecule has 2 aromatic rings. The summed E-state index contributed by atoms with van der Waals surface area (Å²) in [6, 6.07) is 6.72. The molecule has 8 heteroatoms. The normalized spacial score (nSPS) is 10.8. The predicted molar refractivity (Wildman–Crippen MR) is 110 cm³/mol. The number of imidazole rings is 1. The summed E-state index contributed by atoms with van der Waals surface area (Å²) in [7, 11) is 1.56. The van der Waals surface area contributed by atoms with Crippen LogP contribution in [-0.2, 0) is 11.3 Å². The second kappa shape index (κ2) is 10.2. The Hall–Kier alpha value is -2.48. The van der Waals surface area contributed by atoms with Crippen LogP contribution in [0.4, 0.5) is 5.82 Å². The lowest BCUT2D eigenvalue weighted by Crippen LogP contribution is -2.19. The summed E-state index contributed by atoms with van der Waals surface area (Å²) in [6.07, 6.45) is 2.76. The Morgan fingerprint density at radius 2 is 1.93 bits per heavy atom. The number of methoxy groups -OCH3 is 1. The molecule has 1 N–H and O–H groups in total. The van der Waals surface area contributed by atoms with Crippen LogP contribution in [0.5, 0.6) is 5.75 Å². The van der Waals surface area contributed by atoms with Crippen molar-refractivity contribution in [3.05, 3.63) is 35.5 Å². The Balaban J connectivity index is 2.37. The van der Waals surface area contributed by atoms with Crippen molar-refractivity contribution >= 4 is 29.5 Å². The van der Waals surface area contributed by atoms with Gasteiger partial charge in [0.25, 0.3) is 5.91 Å². The van der Waals surface area contributed by atoms with Crippen LogP contribution >= 0.6 is 11.8 Å². The number of thioether (sulfide) groups is 1. The molecule has 0 fully saturated rings. The van der Waals surface area contributed by atoms with Gasteiger partial charge in [-0.1, -0.05) is 25.6 Å². The van der Waals surface area contributed by atoms with Crippen LogP contribution in [0, 0.1) is 5.92 Å². The average Bonchev–Trinajstić information content (AvgIpc) is 3.03. The molecule has 0 saturated heterocycles. The second-order valence-corrected chi connectivity index (χ2v) is 7.31. The Kier molecular flexibility index (Phi) is 7.92. The summed E-state index contributed by atoms with van der Waals surface area (Å²) < 4.78 is 12.2. The summed E-state index contributed by atoms with van der Waals surface area (Å²) in [4.78, 5) is 29.7. The zero-order valence-corrected chi connectivity index (χ0v) is 17.8. The molecule has 0 aliphatic rings. The van der Waals surface area contributed by atoms with E-state index in [4.69, 9.17) is 9.47 Å². The Labute approximate surface area is 169 Å². The quantitative estimate of drug-likeness (QED) is 0.500. The summed E-state index contributed by atoms with van der Waals surface area (Å²) in [5.41, 5.74) is 0.715. The van der Waals surface area contributed by atoms with Gasteiger partial charge >= 0.3 is 5.97 Å². The molecule has 0 aliphatic carbocycles. The molecule has 0 unspecified atom stereocenters. The predicted octanol–water partition coefficient (Wildman–Crippen LogP) is 4.09. The molecule has 152 valence electrons. The standard InChI is InChI=1S/C20H27N3O4S/c1-6-27-19(25)16-17(22-20(28-5)23(16)12-11-13(2)3)21-18(24)14-7-9-15(26-4)10-8-14/h7-10,13H,6,11-12H2,1-5H3,(H,21,24). The molecule has 1 heterocycles. The van der Waals surface area contributed by atoms with Crippen LogP contribution in [0.3, 0.4) is 0 Å². The van der Waals surface area contributed by atoms with E-state index in [2.05, 4.69) is 24.1 Å². The van der Waals surface area contributed by atoms with Gasteiger partial charge in [-0.2, -0.15) is 0 Å². The molecule has 28 heavy (non-hydrogen) atoms. The molecule has 1 amide bonds. The van der Waals surface area contributed by atoms with Crippen LogP contribution in [-0.4, -0.2) is 41.4 Å². The van der Waals surface area contributed by atoms with Crippen LogP contribution in [0.1, 0.15) is 48.0 Å². The molecule has 1 aromatic carbocycles. The lowest BCUT2D eigenvalue weighted by Gasteiger charge is -2.12. The summed E-state index contributed by atoms with van der Waals surface area (Å²) in [6.45, 7) is 6.85. The van der Waals surface area contributed by atoms with E-state index in [9.17, 15) is 9.59 Å². The van der Waals surface area contributed by atoms with Crippen LogP contribution in [0.15, 0.2) is 29.4 Å². The van der Waals surface area contributed by atoms with Crippen molar-refractivity contribution in [1.82, 2.24) is 9.55 Å². The minimum atomic E-state index is -0.496. The molecular weight excluding hydrogens is 378 g/mol. The number of carbonyl (C=O) groups is 2. The van der Waals surface area contributed by atoms with E-state index in [1.165, 1.54) is 11.8 Å². The zero-order valence-electron chi connectivity index (χ0n) is 16.9. The van der Waals surface area contributed by atoms with Gasteiger partial charge in [-0.25, -0.2) is 9.78 Å². The lowest BCUT2D eigenvalue weighted by molar-refractivity contribution is 0.0513. The van der Waals surface area contributed by atoms with Gasteiger partial charge in [0.15, 0.2) is 16.7 Å². The van der Waals surface area contributed by atoms with Crippen LogP contribution in [0.2, 0.25) is 0 Å². The first-order valence-corrected chi connectivity index (χ1v) is 10.4. The number of benzene rings is 1. The highest BCUT2D eigenvalue weighted by Gasteiger charge is 2.25. The van der Waals surface area contributed by atoms with E-state index in [-0.39, 0.29) is 24.0 Å². The molecule has 0 aliphatic heterocycles. The molecule has 1 aromatic heterocycles. The van der Waals surface area contributed by atoms with E-state index in [0.29, 0.717) is 28.9 Å². The van der Waals surface area contributed by atoms with E-state index < -0.39 is 5.97 Å². The highest BCUT2D eigenvalue weighted by molar-refractivity contribution is 7.98. The van der Waals surface area contributed by atoms with Gasteiger partial charge in [-0.3, -0.25) is 4.79 Å². The number of amides is 1. The highest BCUT2D eigenvalue weighted by Crippen LogP contribution is 2.26. The van der Waals surface area contributed by atoms with Crippen molar-refractivity contribution in [3.63, 3.8) is 0 Å². The van der Waals surface area contributed by atoms with Crippen molar-refractivity contribution in [3.8, 4) is 5.75 Å². The van der Waals surface area contributed by atoms with Gasteiger partial charge < -0.3 is 19.4 Å². The van der Waals surface area contributed by atoms with Crippen molar-refractivity contribution in [2.24, 2.45) is 5.92 Å². The molecular formula is C20H27N3O4S. The molecule has 7 nitrogen and oxygen atoms in total. The number of esters is 1. The van der Waals surface area contributed by atoms with Gasteiger partial charge in [0, 0.05) is 12.1 Å². The van der Waals surface area contributed by atoms with E-state index in [1.807, 2.05) is 10.8 Å². The van der Waals surface area contributed by atoms with Gasteiger partial charge in [-0.15, -0.1) is 0 Å². The summed E-state index contributed by atoms with van der Waals surface area (Å²) in [5.74, 6) is 0.488. The Bertz CT molecular complexity index is 816. The third kappa shape index (κ3) is 5.28. The first-order chi connectivity index (χ1) is 13.4. The number of anilines is 1. The summed E-state index contributed by atoms with van der Waals surface area (Å²) >= 11 is 1.42. The maximum Gasteiger partial charge on any atom is 0.358 e. The molecule has 0 spiro atoms. The summed E-state index contributed by atoms with van der Waals surface area (Å²) in [5, 5.41) is 3.42. The van der Waals surface area contributed by atoms with Crippen molar-refractivity contribution in [1.29, 1.82) is 0 Å². The average molecular weight is 406 g/mol. The number of hydrogen-bond acceptors (Lipinski definition) is 6. The lowest BCUT2D eigenvalue weighted by atomic mass is 10.1. The van der Waals surface area contributed by atoms with Crippen molar-refractivity contribution < 1.29 is 19.1 Å². The largest absolute Gasteiger partial charge is 0.497 e. The fraction of sp³-hybridized carbons (Fsp3) is 0.450. The molecule has 0 atom stereocenters. The maximum absolute atomic E-state index is 12.7. The van der Waals surface area contributed by atoms with E-state index in [1.54, 1.807) is 38.3 Å². The number of nitrogens with one attached hydrogen (secondary N) is 1. The number of aromatic nitrogens is 2. The minimum Gasteiger partial charge on any atom is -0.497 e. The molecule has 0 radical (unpaired) electrons. The van der Waals surface area contributed by atoms with Crippen LogP contribution < -0.4 is 10.1 Å². The first kappa shape index (κ1) is 21.8. The number of rotatable bonds is 9. The van der Waals surface area contributed by atoms with Gasteiger partial charge in [0.1, 0.15) is 5.75 Å². The second-order valence-electron chi connectivity index (χ2n) is 6.53. The monoisotopic (exact) mass is 405 g/mol.